The van der Waals surface area contributed by atoms with Crippen molar-refractivity contribution in [2.75, 3.05) is 19.6 Å². The van der Waals surface area contributed by atoms with Crippen LogP contribution in [0.3, 0.4) is 0 Å². The quantitative estimate of drug-likeness (QED) is 0.202. The van der Waals surface area contributed by atoms with E-state index in [4.69, 9.17) is 14.1 Å². The Kier molecular flexibility index (Phi) is 10.7. The standard InChI is InChI=1S/C45H51N5O8S/c51-39(49-22-12-5-13-23-49)24-30-16-6-2-1-3-9-17-31-27-45(31,44(54)48-59(55,56)33-20-21-33)47-42(52)36-25-32(28-50(36)43(30)53)57-38-26-35(29-14-7-4-8-15-29)46-40-34-18-10-11-19-37(34)58-41(38)40/h4,7-11,14-15,17-19,26,30-33,36H,1-3,5-6,12-13,16,20-25,27-28H2,(H,47,52)(H,48,54)/t30-,31-,32-,36+,45-/m1/s1. The van der Waals surface area contributed by atoms with Crippen LogP contribution in [-0.2, 0) is 29.2 Å². The molecular weight excluding hydrogens is 771 g/mol. The Morgan fingerprint density at radius 2 is 1.71 bits per heavy atom. The second-order valence-electron chi connectivity index (χ2n) is 17.0. The average Bonchev–Trinajstić information content (AvgIpc) is 4.15. The molecule has 2 saturated carbocycles. The van der Waals surface area contributed by atoms with Crippen LogP contribution in [0.1, 0.15) is 83.5 Å². The average molecular weight is 822 g/mol. The molecule has 3 aliphatic heterocycles. The first-order chi connectivity index (χ1) is 28.6. The highest BCUT2D eigenvalue weighted by atomic mass is 32.2. The number of carbonyl (C=O) groups is 4. The summed E-state index contributed by atoms with van der Waals surface area (Å²) in [5.74, 6) is -2.33. The predicted molar refractivity (Wildman–Crippen MR) is 221 cm³/mol. The van der Waals surface area contributed by atoms with Gasteiger partial charge in [-0.3, -0.25) is 23.9 Å². The molecule has 0 spiro atoms. The Morgan fingerprint density at radius 1 is 0.949 bits per heavy atom. The summed E-state index contributed by atoms with van der Waals surface area (Å²) in [5.41, 5.74) is 1.76. The molecule has 13 nitrogen and oxygen atoms in total. The van der Waals surface area contributed by atoms with Gasteiger partial charge >= 0.3 is 0 Å². The van der Waals surface area contributed by atoms with Gasteiger partial charge in [-0.1, -0.05) is 67.5 Å². The van der Waals surface area contributed by atoms with Gasteiger partial charge in [0, 0.05) is 54.8 Å². The van der Waals surface area contributed by atoms with Gasteiger partial charge in [0.1, 0.15) is 28.8 Å². The number of nitrogens with one attached hydrogen (secondary N) is 2. The van der Waals surface area contributed by atoms with E-state index in [-0.39, 0.29) is 37.6 Å². The smallest absolute Gasteiger partial charge is 0.259 e. The number of hydrogen-bond donors (Lipinski definition) is 2. The molecule has 0 radical (unpaired) electrons. The fourth-order valence-electron chi connectivity index (χ4n) is 9.14. The molecule has 4 amide bonds. The first-order valence-corrected chi connectivity index (χ1v) is 22.8. The number of sulfonamides is 1. The number of benzene rings is 2. The minimum absolute atomic E-state index is 0.0486. The minimum atomic E-state index is -3.89. The lowest BCUT2D eigenvalue weighted by atomic mass is 9.94. The Bertz CT molecular complexity index is 2410. The third kappa shape index (κ3) is 8.07. The number of allylic oxidation sites excluding steroid dienone is 1. The molecular formula is C45H51N5O8S. The van der Waals surface area contributed by atoms with Gasteiger partial charge in [0.15, 0.2) is 11.3 Å². The molecule has 2 saturated heterocycles. The van der Waals surface area contributed by atoms with Crippen LogP contribution in [0.4, 0.5) is 0 Å². The van der Waals surface area contributed by atoms with Crippen LogP contribution in [0, 0.1) is 11.8 Å². The van der Waals surface area contributed by atoms with E-state index in [0.717, 1.165) is 55.9 Å². The molecule has 59 heavy (non-hydrogen) atoms. The van der Waals surface area contributed by atoms with Crippen molar-refractivity contribution in [1.29, 1.82) is 0 Å². The van der Waals surface area contributed by atoms with Crippen LogP contribution in [0.15, 0.2) is 77.2 Å². The number of amides is 4. The van der Waals surface area contributed by atoms with Crippen molar-refractivity contribution in [3.05, 3.63) is 72.8 Å². The molecule has 0 unspecified atom stereocenters. The summed E-state index contributed by atoms with van der Waals surface area (Å²) in [7, 11) is -3.89. The fraction of sp³-hybridized carbons (Fsp3) is 0.489. The minimum Gasteiger partial charge on any atom is -0.484 e. The second-order valence-corrected chi connectivity index (χ2v) is 18.9. The molecule has 2 aromatic carbocycles. The molecule has 2 aromatic heterocycles. The number of nitrogens with zero attached hydrogens (tertiary/aromatic N) is 3. The largest absolute Gasteiger partial charge is 0.484 e. The van der Waals surface area contributed by atoms with Crippen molar-refractivity contribution in [1.82, 2.24) is 24.8 Å². The number of likely N-dealkylation sites (tertiary alicyclic amines) is 1. The SMILES string of the molecule is O=C1N[C@]2(C(=O)NS(=O)(=O)C3CC3)C[C@H]2C=CCCCCC[C@H](CC(=O)N2CCCCC2)C(=O)N2C[C@H](Oc3cc(-c4ccccc4)nc4c3oc3ccccc34)C[C@@H]12. The third-order valence-corrected chi connectivity index (χ3v) is 14.6. The number of fused-ring (bicyclic) bond motifs is 5. The lowest BCUT2D eigenvalue weighted by molar-refractivity contribution is -0.145. The normalized spacial score (nSPS) is 26.7. The summed E-state index contributed by atoms with van der Waals surface area (Å²) in [6.45, 7) is 1.39. The first kappa shape index (κ1) is 39.2. The maximum atomic E-state index is 14.9. The van der Waals surface area contributed by atoms with E-state index in [1.807, 2.05) is 77.7 Å². The van der Waals surface area contributed by atoms with Crippen LogP contribution in [-0.4, -0.2) is 89.4 Å². The van der Waals surface area contributed by atoms with Gasteiger partial charge in [0.05, 0.1) is 17.5 Å². The van der Waals surface area contributed by atoms with Crippen molar-refractivity contribution in [3.63, 3.8) is 0 Å². The van der Waals surface area contributed by atoms with Crippen molar-refractivity contribution in [2.24, 2.45) is 11.8 Å². The molecule has 9 rings (SSSR count). The van der Waals surface area contributed by atoms with E-state index in [0.29, 0.717) is 60.5 Å². The number of ether oxygens (including phenoxy) is 1. The lowest BCUT2D eigenvalue weighted by Gasteiger charge is -2.31. The predicted octanol–water partition coefficient (Wildman–Crippen LogP) is 6.02. The van der Waals surface area contributed by atoms with Gasteiger partial charge in [-0.25, -0.2) is 13.4 Å². The van der Waals surface area contributed by atoms with E-state index in [2.05, 4.69) is 10.0 Å². The van der Waals surface area contributed by atoms with E-state index < -0.39 is 56.6 Å². The Hall–Kier alpha value is -5.24. The molecule has 5 aliphatic rings. The Morgan fingerprint density at radius 3 is 2.51 bits per heavy atom. The molecule has 0 bridgehead atoms. The number of pyridine rings is 1. The van der Waals surface area contributed by atoms with Crippen molar-refractivity contribution in [2.45, 2.75) is 106 Å². The van der Waals surface area contributed by atoms with Gasteiger partial charge in [-0.2, -0.15) is 0 Å². The van der Waals surface area contributed by atoms with Gasteiger partial charge in [0.2, 0.25) is 27.7 Å². The van der Waals surface area contributed by atoms with Crippen LogP contribution in [0.5, 0.6) is 5.75 Å². The fourth-order valence-corrected chi connectivity index (χ4v) is 10.5. The Labute approximate surface area is 344 Å². The van der Waals surface area contributed by atoms with Crippen molar-refractivity contribution < 1.29 is 36.7 Å². The van der Waals surface area contributed by atoms with Gasteiger partial charge in [-0.15, -0.1) is 0 Å². The molecule has 4 fully saturated rings. The molecule has 5 heterocycles. The van der Waals surface area contributed by atoms with Crippen LogP contribution in [0.2, 0.25) is 0 Å². The van der Waals surface area contributed by atoms with Crippen LogP contribution in [0.25, 0.3) is 33.3 Å². The number of aromatic nitrogens is 1. The molecule has 5 atom stereocenters. The zero-order valence-corrected chi connectivity index (χ0v) is 34.0. The summed E-state index contributed by atoms with van der Waals surface area (Å²) in [4.78, 5) is 65.5. The number of furan rings is 1. The topological polar surface area (TPSA) is 168 Å². The third-order valence-electron chi connectivity index (χ3n) is 12.7. The van der Waals surface area contributed by atoms with Crippen molar-refractivity contribution in [3.8, 4) is 17.0 Å². The summed E-state index contributed by atoms with van der Waals surface area (Å²) in [5, 5.41) is 3.16. The Balaban J connectivity index is 1.06. The summed E-state index contributed by atoms with van der Waals surface area (Å²) in [6, 6.07) is 18.1. The number of para-hydroxylation sites is 1. The van der Waals surface area contributed by atoms with Gasteiger partial charge in [-0.05, 0) is 69.9 Å². The summed E-state index contributed by atoms with van der Waals surface area (Å²) >= 11 is 0. The summed E-state index contributed by atoms with van der Waals surface area (Å²) < 4.78 is 41.3. The first-order valence-electron chi connectivity index (χ1n) is 21.3. The summed E-state index contributed by atoms with van der Waals surface area (Å²) in [6.07, 6.45) is 11.2. The van der Waals surface area contributed by atoms with Crippen LogP contribution < -0.4 is 14.8 Å². The van der Waals surface area contributed by atoms with E-state index in [1.54, 1.807) is 0 Å². The molecule has 2 aliphatic carbocycles. The highest BCUT2D eigenvalue weighted by molar-refractivity contribution is 7.91. The zero-order chi connectivity index (χ0) is 40.7. The van der Waals surface area contributed by atoms with E-state index >= 15 is 0 Å². The van der Waals surface area contributed by atoms with Crippen molar-refractivity contribution >= 4 is 55.7 Å². The second kappa shape index (κ2) is 16.1. The van der Waals surface area contributed by atoms with E-state index in [9.17, 15) is 27.6 Å². The number of carbonyl (C=O) groups excluding carboxylic acids is 4. The molecule has 4 aromatic rings. The van der Waals surface area contributed by atoms with Gasteiger partial charge in [0.25, 0.3) is 5.91 Å². The lowest BCUT2D eigenvalue weighted by Crippen LogP contribution is -2.57. The van der Waals surface area contributed by atoms with E-state index in [1.165, 1.54) is 4.90 Å². The maximum Gasteiger partial charge on any atom is 0.259 e. The highest BCUT2D eigenvalue weighted by Gasteiger charge is 2.62. The number of piperidine rings is 1. The monoisotopic (exact) mass is 821 g/mol. The maximum absolute atomic E-state index is 14.9. The van der Waals surface area contributed by atoms with Gasteiger partial charge < -0.3 is 24.3 Å². The van der Waals surface area contributed by atoms with Crippen LogP contribution >= 0.6 is 0 Å². The number of rotatable bonds is 8. The molecule has 2 N–H and O–H groups in total. The molecule has 310 valence electrons. The molecule has 14 heteroatoms. The zero-order valence-electron chi connectivity index (χ0n) is 33.1. The highest BCUT2D eigenvalue weighted by Crippen LogP contribution is 2.46. The number of hydrogen-bond acceptors (Lipinski definition) is 9.